The van der Waals surface area contributed by atoms with E-state index in [0.717, 1.165) is 51.0 Å². The van der Waals surface area contributed by atoms with Gasteiger partial charge in [-0.25, -0.2) is 0 Å². The summed E-state index contributed by atoms with van der Waals surface area (Å²) in [6, 6.07) is 0. The van der Waals surface area contributed by atoms with E-state index in [4.69, 9.17) is 9.73 Å². The smallest absolute Gasteiger partial charge is 0.191 e. The number of hydrogen-bond acceptors (Lipinski definition) is 3. The number of aliphatic imine (C=N–C) groups is 1. The minimum atomic E-state index is 0.451. The minimum absolute atomic E-state index is 0.451. The minimum Gasteiger partial charge on any atom is -0.378 e. The van der Waals surface area contributed by atoms with Crippen molar-refractivity contribution in [2.24, 2.45) is 10.9 Å². The van der Waals surface area contributed by atoms with Crippen LogP contribution in [0.3, 0.4) is 0 Å². The number of nitrogens with zero attached hydrogens (tertiary/aromatic N) is 2. The predicted octanol–water partition coefficient (Wildman–Crippen LogP) is 2.23. The van der Waals surface area contributed by atoms with Crippen molar-refractivity contribution in [1.29, 1.82) is 0 Å². The normalized spacial score (nSPS) is 24.1. The molecule has 0 aromatic carbocycles. The van der Waals surface area contributed by atoms with Gasteiger partial charge in [-0.3, -0.25) is 4.99 Å². The van der Waals surface area contributed by atoms with Gasteiger partial charge in [0.1, 0.15) is 0 Å². The van der Waals surface area contributed by atoms with Gasteiger partial charge < -0.3 is 20.3 Å². The number of rotatable bonds is 8. The third kappa shape index (κ3) is 7.53. The van der Waals surface area contributed by atoms with E-state index in [0.29, 0.717) is 6.10 Å². The van der Waals surface area contributed by atoms with Crippen molar-refractivity contribution in [2.45, 2.75) is 58.5 Å². The van der Waals surface area contributed by atoms with Crippen molar-refractivity contribution >= 4 is 5.96 Å². The highest BCUT2D eigenvalue weighted by Crippen LogP contribution is 2.16. The summed E-state index contributed by atoms with van der Waals surface area (Å²) in [7, 11) is 0. The first-order valence-electron chi connectivity index (χ1n) is 9.64. The number of hydrogen-bond donors (Lipinski definition) is 2. The molecule has 0 bridgehead atoms. The van der Waals surface area contributed by atoms with Crippen LogP contribution in [-0.2, 0) is 4.74 Å². The van der Waals surface area contributed by atoms with Crippen LogP contribution in [0.4, 0.5) is 0 Å². The van der Waals surface area contributed by atoms with Gasteiger partial charge in [-0.2, -0.15) is 0 Å². The lowest BCUT2D eigenvalue weighted by Crippen LogP contribution is -2.39. The Kier molecular flexibility index (Phi) is 8.76. The maximum atomic E-state index is 5.66. The maximum Gasteiger partial charge on any atom is 0.191 e. The van der Waals surface area contributed by atoms with Crippen molar-refractivity contribution in [2.75, 3.05) is 45.9 Å². The van der Waals surface area contributed by atoms with Gasteiger partial charge in [-0.05, 0) is 71.0 Å². The fourth-order valence-electron chi connectivity index (χ4n) is 3.34. The molecule has 2 fully saturated rings. The second-order valence-electron chi connectivity index (χ2n) is 6.99. The van der Waals surface area contributed by atoms with E-state index in [-0.39, 0.29) is 0 Å². The van der Waals surface area contributed by atoms with Gasteiger partial charge >= 0.3 is 0 Å². The highest BCUT2D eigenvalue weighted by atomic mass is 16.5. The molecule has 5 heteroatoms. The van der Waals surface area contributed by atoms with E-state index in [1.807, 2.05) is 0 Å². The molecule has 2 N–H and O–H groups in total. The molecule has 0 aliphatic carbocycles. The number of nitrogens with one attached hydrogen (secondary N) is 2. The third-order valence-corrected chi connectivity index (χ3v) is 4.91. The van der Waals surface area contributed by atoms with E-state index in [1.54, 1.807) is 0 Å². The summed E-state index contributed by atoms with van der Waals surface area (Å²) in [5.74, 6) is 1.87. The van der Waals surface area contributed by atoms with Crippen LogP contribution in [-0.4, -0.2) is 62.8 Å². The summed E-state index contributed by atoms with van der Waals surface area (Å²) < 4.78 is 5.66. The molecule has 0 spiro atoms. The first-order chi connectivity index (χ1) is 11.3. The third-order valence-electron chi connectivity index (χ3n) is 4.91. The fraction of sp³-hybridized carbons (Fsp3) is 0.944. The Balaban J connectivity index is 1.58. The molecule has 2 aliphatic heterocycles. The van der Waals surface area contributed by atoms with E-state index in [2.05, 4.69) is 29.4 Å². The summed E-state index contributed by atoms with van der Waals surface area (Å²) in [5, 5.41) is 6.77. The zero-order valence-corrected chi connectivity index (χ0v) is 15.1. The molecule has 23 heavy (non-hydrogen) atoms. The SMILES string of the molecule is CCNC(=NCCCN1CCC(C)CC1)NCCC1CCCO1. The van der Waals surface area contributed by atoms with Gasteiger partial charge in [0.05, 0.1) is 6.10 Å². The van der Waals surface area contributed by atoms with Crippen LogP contribution in [0.15, 0.2) is 4.99 Å². The first-order valence-corrected chi connectivity index (χ1v) is 9.64. The number of likely N-dealkylation sites (tertiary alicyclic amines) is 1. The topological polar surface area (TPSA) is 48.9 Å². The Bertz CT molecular complexity index is 334. The Labute approximate surface area is 142 Å². The van der Waals surface area contributed by atoms with Gasteiger partial charge in [0.2, 0.25) is 0 Å². The molecule has 1 atom stereocenters. The molecule has 2 heterocycles. The van der Waals surface area contributed by atoms with Gasteiger partial charge in [-0.1, -0.05) is 6.92 Å². The second kappa shape index (κ2) is 10.9. The van der Waals surface area contributed by atoms with Crippen LogP contribution in [0, 0.1) is 5.92 Å². The highest BCUT2D eigenvalue weighted by Gasteiger charge is 2.15. The fourth-order valence-corrected chi connectivity index (χ4v) is 3.34. The van der Waals surface area contributed by atoms with E-state index in [9.17, 15) is 0 Å². The zero-order chi connectivity index (χ0) is 16.3. The highest BCUT2D eigenvalue weighted by molar-refractivity contribution is 5.79. The van der Waals surface area contributed by atoms with Crippen molar-refractivity contribution < 1.29 is 4.74 Å². The molecule has 2 rings (SSSR count). The van der Waals surface area contributed by atoms with E-state index in [1.165, 1.54) is 45.3 Å². The van der Waals surface area contributed by atoms with Crippen LogP contribution < -0.4 is 10.6 Å². The molecule has 134 valence electrons. The molecule has 5 nitrogen and oxygen atoms in total. The van der Waals surface area contributed by atoms with Gasteiger partial charge in [0.25, 0.3) is 0 Å². The molecule has 0 aromatic rings. The average molecular weight is 325 g/mol. The lowest BCUT2D eigenvalue weighted by Gasteiger charge is -2.29. The van der Waals surface area contributed by atoms with Gasteiger partial charge in [-0.15, -0.1) is 0 Å². The Morgan fingerprint density at radius 3 is 2.74 bits per heavy atom. The van der Waals surface area contributed by atoms with Crippen molar-refractivity contribution in [3.63, 3.8) is 0 Å². The van der Waals surface area contributed by atoms with Crippen LogP contribution in [0.5, 0.6) is 0 Å². The van der Waals surface area contributed by atoms with Crippen molar-refractivity contribution in [1.82, 2.24) is 15.5 Å². The monoisotopic (exact) mass is 324 g/mol. The largest absolute Gasteiger partial charge is 0.378 e. The lowest BCUT2D eigenvalue weighted by molar-refractivity contribution is 0.105. The average Bonchev–Trinajstić information content (AvgIpc) is 3.06. The number of guanidine groups is 1. The quantitative estimate of drug-likeness (QED) is 0.408. The molecule has 2 saturated heterocycles. The van der Waals surface area contributed by atoms with E-state index < -0.39 is 0 Å². The van der Waals surface area contributed by atoms with Crippen LogP contribution >= 0.6 is 0 Å². The van der Waals surface area contributed by atoms with Gasteiger partial charge in [0, 0.05) is 26.2 Å². The summed E-state index contributed by atoms with van der Waals surface area (Å²) in [5.41, 5.74) is 0. The van der Waals surface area contributed by atoms with Crippen LogP contribution in [0.1, 0.15) is 52.4 Å². The van der Waals surface area contributed by atoms with E-state index >= 15 is 0 Å². The summed E-state index contributed by atoms with van der Waals surface area (Å²) in [4.78, 5) is 7.29. The lowest BCUT2D eigenvalue weighted by atomic mass is 9.99. The van der Waals surface area contributed by atoms with Crippen molar-refractivity contribution in [3.8, 4) is 0 Å². The zero-order valence-electron chi connectivity index (χ0n) is 15.1. The van der Waals surface area contributed by atoms with Crippen molar-refractivity contribution in [3.05, 3.63) is 0 Å². The molecule has 0 amide bonds. The number of piperidine rings is 1. The standard InChI is InChI=1S/C18H36N4O/c1-3-19-18(21-11-7-17-6-4-15-23-17)20-10-5-12-22-13-8-16(2)9-14-22/h16-17H,3-15H2,1-2H3,(H2,19,20,21). The molecule has 0 radical (unpaired) electrons. The Morgan fingerprint density at radius 2 is 2.04 bits per heavy atom. The van der Waals surface area contributed by atoms with Crippen LogP contribution in [0.25, 0.3) is 0 Å². The summed E-state index contributed by atoms with van der Waals surface area (Å²) in [6.07, 6.45) is 7.82. The van der Waals surface area contributed by atoms with Gasteiger partial charge in [0.15, 0.2) is 5.96 Å². The molecule has 2 aliphatic rings. The Morgan fingerprint density at radius 1 is 1.22 bits per heavy atom. The molecule has 1 unspecified atom stereocenters. The Hall–Kier alpha value is -0.810. The molecular formula is C18H36N4O. The molecule has 0 aromatic heterocycles. The summed E-state index contributed by atoms with van der Waals surface area (Å²) >= 11 is 0. The molecule has 0 saturated carbocycles. The summed E-state index contributed by atoms with van der Waals surface area (Å²) in [6.45, 7) is 11.9. The maximum absolute atomic E-state index is 5.66. The predicted molar refractivity (Wildman–Crippen MR) is 97.0 cm³/mol. The first kappa shape index (κ1) is 18.5. The molecular weight excluding hydrogens is 288 g/mol. The number of ether oxygens (including phenoxy) is 1. The van der Waals surface area contributed by atoms with Crippen LogP contribution in [0.2, 0.25) is 0 Å². The second-order valence-corrected chi connectivity index (χ2v) is 6.99.